The first-order valence-electron chi connectivity index (χ1n) is 31.1. The number of unbranched alkanes of at least 4 members (excludes halogenated alkanes) is 43. The minimum atomic E-state index is -0.665. The Bertz CT molecular complexity index is 1080. The smallest absolute Gasteiger partial charge is 0.305 e. The molecule has 6 heteroatoms. The Labute approximate surface area is 431 Å². The van der Waals surface area contributed by atoms with Crippen LogP contribution < -0.4 is 5.32 Å². The van der Waals surface area contributed by atoms with Crippen LogP contribution in [-0.2, 0) is 14.3 Å². The van der Waals surface area contributed by atoms with E-state index in [4.69, 9.17) is 4.74 Å². The van der Waals surface area contributed by atoms with E-state index in [-0.39, 0.29) is 18.5 Å². The maximum atomic E-state index is 12.5. The summed E-state index contributed by atoms with van der Waals surface area (Å²) in [7, 11) is 0. The molecule has 0 aliphatic heterocycles. The van der Waals surface area contributed by atoms with Gasteiger partial charge in [0.1, 0.15) is 0 Å². The van der Waals surface area contributed by atoms with Crippen LogP contribution in [0.1, 0.15) is 341 Å². The van der Waals surface area contributed by atoms with Crippen LogP contribution in [0.3, 0.4) is 0 Å². The Morgan fingerprint density at radius 1 is 0.391 bits per heavy atom. The van der Waals surface area contributed by atoms with E-state index in [9.17, 15) is 19.8 Å². The van der Waals surface area contributed by atoms with E-state index in [1.807, 2.05) is 0 Å². The molecule has 2 atom stereocenters. The fraction of sp³-hybridized carbons (Fsp3) is 0.905. The summed E-state index contributed by atoms with van der Waals surface area (Å²) in [5, 5.41) is 23.3. The molecule has 0 aromatic heterocycles. The lowest BCUT2D eigenvalue weighted by atomic mass is 10.0. The van der Waals surface area contributed by atoms with Crippen LogP contribution in [0.25, 0.3) is 0 Å². The molecule has 0 saturated carbocycles. The van der Waals surface area contributed by atoms with Crippen LogP contribution in [0.2, 0.25) is 0 Å². The molecule has 0 spiro atoms. The molecule has 0 rings (SSSR count). The zero-order chi connectivity index (χ0) is 50.0. The fourth-order valence-electron chi connectivity index (χ4n) is 9.69. The van der Waals surface area contributed by atoms with Gasteiger partial charge in [-0.3, -0.25) is 9.59 Å². The number of amides is 1. The van der Waals surface area contributed by atoms with Crippen LogP contribution in [0.15, 0.2) is 24.3 Å². The van der Waals surface area contributed by atoms with Crippen molar-refractivity contribution in [1.82, 2.24) is 5.32 Å². The number of aliphatic hydroxyl groups excluding tert-OH is 2. The zero-order valence-electron chi connectivity index (χ0n) is 46.6. The second-order valence-corrected chi connectivity index (χ2v) is 21.4. The number of nitrogens with one attached hydrogen (secondary N) is 1. The number of carbonyl (C=O) groups excluding carboxylic acids is 2. The van der Waals surface area contributed by atoms with Crippen LogP contribution in [0.5, 0.6) is 0 Å². The quantitative estimate of drug-likeness (QED) is 0.0321. The Morgan fingerprint density at radius 3 is 1.04 bits per heavy atom. The van der Waals surface area contributed by atoms with Crippen LogP contribution in [0.4, 0.5) is 0 Å². The largest absolute Gasteiger partial charge is 0.466 e. The molecule has 0 radical (unpaired) electrons. The average Bonchev–Trinajstić information content (AvgIpc) is 3.35. The van der Waals surface area contributed by atoms with Gasteiger partial charge in [0.15, 0.2) is 0 Å². The molecule has 408 valence electrons. The predicted molar refractivity (Wildman–Crippen MR) is 301 cm³/mol. The van der Waals surface area contributed by atoms with E-state index < -0.39 is 12.1 Å². The van der Waals surface area contributed by atoms with E-state index >= 15 is 0 Å². The van der Waals surface area contributed by atoms with Crippen molar-refractivity contribution in [2.75, 3.05) is 13.2 Å². The summed E-state index contributed by atoms with van der Waals surface area (Å²) >= 11 is 0. The first-order chi connectivity index (χ1) is 34.0. The minimum absolute atomic E-state index is 0.00444. The third-order valence-corrected chi connectivity index (χ3v) is 14.5. The molecule has 0 saturated heterocycles. The Balaban J connectivity index is 3.39. The second kappa shape index (κ2) is 58.9. The van der Waals surface area contributed by atoms with Crippen molar-refractivity contribution in [3.8, 4) is 0 Å². The SMILES string of the molecule is CCCCCC/C=C\CCCCCCCC(=O)OCCCCCCCCCCCCCC/C=C\CCCCCCCCCCCC(=O)NC(CO)C(O)CCCCCCCCCCCCCCCC. The Morgan fingerprint density at radius 2 is 0.681 bits per heavy atom. The van der Waals surface area contributed by atoms with Crippen molar-refractivity contribution >= 4 is 11.9 Å². The molecule has 0 bridgehead atoms. The van der Waals surface area contributed by atoms with Crippen LogP contribution in [0, 0.1) is 0 Å². The summed E-state index contributed by atoms with van der Waals surface area (Å²) in [5.41, 5.74) is 0. The first kappa shape index (κ1) is 67.3. The first-order valence-corrected chi connectivity index (χ1v) is 31.1. The van der Waals surface area contributed by atoms with Gasteiger partial charge < -0.3 is 20.3 Å². The highest BCUT2D eigenvalue weighted by molar-refractivity contribution is 5.76. The molecule has 3 N–H and O–H groups in total. The number of hydrogen-bond acceptors (Lipinski definition) is 5. The number of carbonyl (C=O) groups is 2. The van der Waals surface area contributed by atoms with Crippen molar-refractivity contribution in [1.29, 1.82) is 0 Å². The lowest BCUT2D eigenvalue weighted by molar-refractivity contribution is -0.143. The highest BCUT2D eigenvalue weighted by atomic mass is 16.5. The van der Waals surface area contributed by atoms with Gasteiger partial charge in [-0.05, 0) is 77.0 Å². The van der Waals surface area contributed by atoms with Crippen molar-refractivity contribution < 1.29 is 24.5 Å². The Hall–Kier alpha value is -1.66. The monoisotopic (exact) mass is 972 g/mol. The van der Waals surface area contributed by atoms with Gasteiger partial charge in [0.05, 0.1) is 25.4 Å². The summed E-state index contributed by atoms with van der Waals surface area (Å²) in [6, 6.07) is -0.543. The summed E-state index contributed by atoms with van der Waals surface area (Å²) in [4.78, 5) is 24.5. The summed E-state index contributed by atoms with van der Waals surface area (Å²) in [5.74, 6) is -0.0322. The maximum Gasteiger partial charge on any atom is 0.305 e. The molecular formula is C63H121NO5. The molecule has 0 heterocycles. The number of hydrogen-bond donors (Lipinski definition) is 3. The third kappa shape index (κ3) is 55.5. The highest BCUT2D eigenvalue weighted by Crippen LogP contribution is 2.17. The standard InChI is InChI=1S/C63H121NO5/c1-3-5-7-9-11-13-15-17-32-35-39-43-47-51-55-61(66)60(59-65)64-62(67)56-52-48-44-40-36-33-29-27-25-23-21-19-18-20-22-24-26-28-30-34-38-42-46-50-54-58-69-63(68)57-53-49-45-41-37-31-16-14-12-10-8-6-4-2/h14,16,19,21,60-61,65-66H,3-13,15,17-18,20,22-59H2,1-2H3,(H,64,67)/b16-14-,21-19-. The second-order valence-electron chi connectivity index (χ2n) is 21.4. The minimum Gasteiger partial charge on any atom is -0.466 e. The molecule has 0 fully saturated rings. The number of rotatable bonds is 58. The predicted octanol–water partition coefficient (Wildman–Crippen LogP) is 19.4. The van der Waals surface area contributed by atoms with Gasteiger partial charge in [-0.25, -0.2) is 0 Å². The van der Waals surface area contributed by atoms with E-state index in [2.05, 4.69) is 43.5 Å². The highest BCUT2D eigenvalue weighted by Gasteiger charge is 2.20. The molecule has 0 aliphatic rings. The van der Waals surface area contributed by atoms with Crippen molar-refractivity contribution in [3.63, 3.8) is 0 Å². The summed E-state index contributed by atoms with van der Waals surface area (Å²) < 4.78 is 5.47. The van der Waals surface area contributed by atoms with Gasteiger partial charge in [-0.2, -0.15) is 0 Å². The summed E-state index contributed by atoms with van der Waals surface area (Å²) in [6.45, 7) is 4.95. The lowest BCUT2D eigenvalue weighted by Gasteiger charge is -2.22. The topological polar surface area (TPSA) is 95.9 Å². The van der Waals surface area contributed by atoms with Crippen molar-refractivity contribution in [2.45, 2.75) is 353 Å². The van der Waals surface area contributed by atoms with E-state index in [0.717, 1.165) is 44.9 Å². The Kier molecular flexibility index (Phi) is 57.5. The maximum absolute atomic E-state index is 12.5. The third-order valence-electron chi connectivity index (χ3n) is 14.5. The van der Waals surface area contributed by atoms with Crippen molar-refractivity contribution in [2.24, 2.45) is 0 Å². The van der Waals surface area contributed by atoms with Crippen LogP contribution >= 0.6 is 0 Å². The molecule has 0 aromatic rings. The number of ether oxygens (including phenoxy) is 1. The molecule has 2 unspecified atom stereocenters. The van der Waals surface area contributed by atoms with Gasteiger partial charge in [0, 0.05) is 12.8 Å². The van der Waals surface area contributed by atoms with E-state index in [0.29, 0.717) is 25.9 Å². The van der Waals surface area contributed by atoms with Gasteiger partial charge >= 0.3 is 5.97 Å². The molecule has 0 aliphatic carbocycles. The fourth-order valence-corrected chi connectivity index (χ4v) is 9.69. The molecule has 69 heavy (non-hydrogen) atoms. The van der Waals surface area contributed by atoms with Gasteiger partial charge in [-0.15, -0.1) is 0 Å². The van der Waals surface area contributed by atoms with E-state index in [1.165, 1.54) is 263 Å². The average molecular weight is 973 g/mol. The zero-order valence-corrected chi connectivity index (χ0v) is 46.6. The van der Waals surface area contributed by atoms with Crippen molar-refractivity contribution in [3.05, 3.63) is 24.3 Å². The molecule has 6 nitrogen and oxygen atoms in total. The number of aliphatic hydroxyl groups is 2. The molecule has 1 amide bonds. The molecule has 0 aromatic carbocycles. The van der Waals surface area contributed by atoms with Gasteiger partial charge in [0.25, 0.3) is 0 Å². The molecular weight excluding hydrogens is 851 g/mol. The summed E-state index contributed by atoms with van der Waals surface area (Å²) in [6.07, 6.45) is 71.9. The van der Waals surface area contributed by atoms with Gasteiger partial charge in [-0.1, -0.05) is 276 Å². The van der Waals surface area contributed by atoms with Crippen LogP contribution in [-0.4, -0.2) is 47.4 Å². The van der Waals surface area contributed by atoms with E-state index in [1.54, 1.807) is 0 Å². The normalized spacial score (nSPS) is 12.7. The number of allylic oxidation sites excluding steroid dienone is 4. The van der Waals surface area contributed by atoms with Gasteiger partial charge in [0.2, 0.25) is 5.91 Å². The number of esters is 1. The lowest BCUT2D eigenvalue weighted by Crippen LogP contribution is -2.45.